The summed E-state index contributed by atoms with van der Waals surface area (Å²) in [6.07, 6.45) is 4.75. The number of pyridine rings is 1. The molecule has 0 fully saturated rings. The summed E-state index contributed by atoms with van der Waals surface area (Å²) < 4.78 is 10.8. The molecule has 0 aliphatic carbocycles. The van der Waals surface area contributed by atoms with E-state index in [1.807, 2.05) is 55.5 Å². The zero-order chi connectivity index (χ0) is 16.5. The van der Waals surface area contributed by atoms with Gasteiger partial charge in [0.1, 0.15) is 5.75 Å². The molecule has 0 saturated heterocycles. The molecule has 0 bridgehead atoms. The monoisotopic (exact) mass is 313 g/mol. The smallest absolute Gasteiger partial charge is 0.118 e. The zero-order valence-corrected chi connectivity index (χ0v) is 13.6. The van der Waals surface area contributed by atoms with Gasteiger partial charge in [-0.2, -0.15) is 0 Å². The van der Waals surface area contributed by atoms with Crippen molar-refractivity contribution in [3.8, 4) is 5.75 Å². The van der Waals surface area contributed by atoms with Crippen LogP contribution in [-0.4, -0.2) is 29.9 Å². The Kier molecular flexibility index (Phi) is 6.78. The number of methoxy groups -OCH3 is 1. The molecule has 4 heteroatoms. The molecule has 0 amide bonds. The van der Waals surface area contributed by atoms with Crippen molar-refractivity contribution in [2.24, 2.45) is 5.92 Å². The number of rotatable bonds is 8. The fourth-order valence-electron chi connectivity index (χ4n) is 2.04. The minimum absolute atomic E-state index is 0.00760. The molecular formula is C19H23NO3. The van der Waals surface area contributed by atoms with Crippen LogP contribution in [0, 0.1) is 5.92 Å². The van der Waals surface area contributed by atoms with E-state index in [2.05, 4.69) is 4.98 Å². The topological polar surface area (TPSA) is 51.6 Å². The molecule has 0 aliphatic rings. The lowest BCUT2D eigenvalue weighted by atomic mass is 10.1. The zero-order valence-electron chi connectivity index (χ0n) is 13.6. The molecule has 0 saturated carbocycles. The van der Waals surface area contributed by atoms with Crippen LogP contribution >= 0.6 is 0 Å². The quantitative estimate of drug-likeness (QED) is 0.812. The van der Waals surface area contributed by atoms with Crippen LogP contribution in [-0.2, 0) is 11.3 Å². The predicted octanol–water partition coefficient (Wildman–Crippen LogP) is 3.32. The number of nitrogens with zero attached hydrogens (tertiary/aromatic N) is 1. The molecule has 0 aliphatic heterocycles. The van der Waals surface area contributed by atoms with Crippen molar-refractivity contribution in [3.63, 3.8) is 0 Å². The first-order chi connectivity index (χ1) is 11.2. The van der Waals surface area contributed by atoms with Gasteiger partial charge in [0.15, 0.2) is 0 Å². The van der Waals surface area contributed by atoms with E-state index in [0.29, 0.717) is 13.2 Å². The Morgan fingerprint density at radius 3 is 2.61 bits per heavy atom. The lowest BCUT2D eigenvalue weighted by Crippen LogP contribution is -2.20. The number of hydrogen-bond acceptors (Lipinski definition) is 4. The third-order valence-corrected chi connectivity index (χ3v) is 3.54. The SMILES string of the molecule is COc1ccc(COC[C@@H](C)C(O)/C=C/c2ccccn2)cc1. The first-order valence-corrected chi connectivity index (χ1v) is 7.67. The third-order valence-electron chi connectivity index (χ3n) is 3.54. The Morgan fingerprint density at radius 2 is 1.96 bits per heavy atom. The average molecular weight is 313 g/mol. The normalized spacial score (nSPS) is 13.9. The lowest BCUT2D eigenvalue weighted by molar-refractivity contribution is 0.0474. The molecule has 23 heavy (non-hydrogen) atoms. The Morgan fingerprint density at radius 1 is 1.17 bits per heavy atom. The number of aliphatic hydroxyl groups is 1. The second-order valence-corrected chi connectivity index (χ2v) is 5.44. The van der Waals surface area contributed by atoms with E-state index in [1.54, 1.807) is 19.4 Å². The van der Waals surface area contributed by atoms with Crippen LogP contribution in [0.15, 0.2) is 54.7 Å². The average Bonchev–Trinajstić information content (AvgIpc) is 2.61. The predicted molar refractivity (Wildman–Crippen MR) is 91.1 cm³/mol. The Hall–Kier alpha value is -2.17. The van der Waals surface area contributed by atoms with Crippen LogP contribution in [0.3, 0.4) is 0 Å². The maximum atomic E-state index is 10.1. The van der Waals surface area contributed by atoms with Crippen LogP contribution < -0.4 is 4.74 Å². The van der Waals surface area contributed by atoms with Gasteiger partial charge in [0.2, 0.25) is 0 Å². The molecule has 2 atom stereocenters. The van der Waals surface area contributed by atoms with Gasteiger partial charge < -0.3 is 14.6 Å². The number of ether oxygens (including phenoxy) is 2. The molecule has 0 radical (unpaired) electrons. The highest BCUT2D eigenvalue weighted by molar-refractivity contribution is 5.44. The van der Waals surface area contributed by atoms with Crippen molar-refractivity contribution in [3.05, 3.63) is 66.0 Å². The van der Waals surface area contributed by atoms with Crippen LogP contribution in [0.25, 0.3) is 6.08 Å². The minimum Gasteiger partial charge on any atom is -0.497 e. The van der Waals surface area contributed by atoms with Crippen molar-refractivity contribution in [1.82, 2.24) is 4.98 Å². The molecule has 4 nitrogen and oxygen atoms in total. The first-order valence-electron chi connectivity index (χ1n) is 7.67. The highest BCUT2D eigenvalue weighted by atomic mass is 16.5. The van der Waals surface area contributed by atoms with E-state index in [0.717, 1.165) is 17.0 Å². The third kappa shape index (κ3) is 5.85. The summed E-state index contributed by atoms with van der Waals surface area (Å²) in [6.45, 7) is 2.96. The van der Waals surface area contributed by atoms with Gasteiger partial charge in [0.25, 0.3) is 0 Å². The molecule has 1 N–H and O–H groups in total. The van der Waals surface area contributed by atoms with Gasteiger partial charge >= 0.3 is 0 Å². The molecule has 2 rings (SSSR count). The van der Waals surface area contributed by atoms with Crippen LogP contribution in [0.2, 0.25) is 0 Å². The van der Waals surface area contributed by atoms with Crippen molar-refractivity contribution in [1.29, 1.82) is 0 Å². The Balaban J connectivity index is 1.75. The summed E-state index contributed by atoms with van der Waals surface area (Å²) in [5.41, 5.74) is 1.91. The standard InChI is InChI=1S/C19H23NO3/c1-15(19(21)11-8-17-5-3-4-12-20-17)13-23-14-16-6-9-18(22-2)10-7-16/h3-12,15,19,21H,13-14H2,1-2H3/b11-8+/t15-,19?/m1/s1. The van der Waals surface area contributed by atoms with Gasteiger partial charge in [-0.15, -0.1) is 0 Å². The summed E-state index contributed by atoms with van der Waals surface area (Å²) in [7, 11) is 1.65. The summed E-state index contributed by atoms with van der Waals surface area (Å²) in [4.78, 5) is 4.19. The highest BCUT2D eigenvalue weighted by Crippen LogP contribution is 2.13. The number of aliphatic hydroxyl groups excluding tert-OH is 1. The second-order valence-electron chi connectivity index (χ2n) is 5.44. The van der Waals surface area contributed by atoms with Gasteiger partial charge in [0.05, 0.1) is 32.1 Å². The van der Waals surface area contributed by atoms with E-state index < -0.39 is 6.10 Å². The van der Waals surface area contributed by atoms with Crippen LogP contribution in [0.4, 0.5) is 0 Å². The van der Waals surface area contributed by atoms with Gasteiger partial charge in [-0.1, -0.05) is 31.2 Å². The summed E-state index contributed by atoms with van der Waals surface area (Å²) in [5, 5.41) is 10.1. The Labute approximate surface area is 137 Å². The molecule has 2 aromatic rings. The van der Waals surface area contributed by atoms with E-state index in [1.165, 1.54) is 0 Å². The van der Waals surface area contributed by atoms with Gasteiger partial charge in [-0.05, 0) is 35.9 Å². The second kappa shape index (κ2) is 9.08. The largest absolute Gasteiger partial charge is 0.497 e. The van der Waals surface area contributed by atoms with Crippen molar-refractivity contribution >= 4 is 6.08 Å². The van der Waals surface area contributed by atoms with Crippen LogP contribution in [0.1, 0.15) is 18.2 Å². The van der Waals surface area contributed by atoms with E-state index in [4.69, 9.17) is 9.47 Å². The van der Waals surface area contributed by atoms with Crippen molar-refractivity contribution in [2.75, 3.05) is 13.7 Å². The van der Waals surface area contributed by atoms with Crippen LogP contribution in [0.5, 0.6) is 5.75 Å². The van der Waals surface area contributed by atoms with E-state index in [9.17, 15) is 5.11 Å². The maximum Gasteiger partial charge on any atom is 0.118 e. The molecule has 1 aromatic heterocycles. The molecule has 1 heterocycles. The van der Waals surface area contributed by atoms with Crippen molar-refractivity contribution in [2.45, 2.75) is 19.6 Å². The maximum absolute atomic E-state index is 10.1. The lowest BCUT2D eigenvalue weighted by Gasteiger charge is -2.16. The number of benzene rings is 1. The van der Waals surface area contributed by atoms with Gasteiger partial charge in [0, 0.05) is 12.1 Å². The van der Waals surface area contributed by atoms with Gasteiger partial charge in [-0.3, -0.25) is 4.98 Å². The molecule has 1 unspecified atom stereocenters. The molecule has 1 aromatic carbocycles. The Bertz CT molecular complexity index is 596. The van der Waals surface area contributed by atoms with E-state index in [-0.39, 0.29) is 5.92 Å². The van der Waals surface area contributed by atoms with Gasteiger partial charge in [-0.25, -0.2) is 0 Å². The molecular weight excluding hydrogens is 290 g/mol. The molecule has 0 spiro atoms. The minimum atomic E-state index is -0.562. The first kappa shape index (κ1) is 17.2. The summed E-state index contributed by atoms with van der Waals surface area (Å²) in [6, 6.07) is 13.4. The number of hydrogen-bond donors (Lipinski definition) is 1. The summed E-state index contributed by atoms with van der Waals surface area (Å²) >= 11 is 0. The fourth-order valence-corrected chi connectivity index (χ4v) is 2.04. The molecule has 122 valence electrons. The van der Waals surface area contributed by atoms with Crippen molar-refractivity contribution < 1.29 is 14.6 Å². The fraction of sp³-hybridized carbons (Fsp3) is 0.316. The summed E-state index contributed by atoms with van der Waals surface area (Å²) in [5.74, 6) is 0.838. The van der Waals surface area contributed by atoms with E-state index >= 15 is 0 Å². The highest BCUT2D eigenvalue weighted by Gasteiger charge is 2.11. The number of aromatic nitrogens is 1.